The first-order valence-electron chi connectivity index (χ1n) is 7.95. The van der Waals surface area contributed by atoms with Crippen LogP contribution in [0.3, 0.4) is 0 Å². The van der Waals surface area contributed by atoms with Crippen LogP contribution in [-0.4, -0.2) is 28.4 Å². The number of aryl methyl sites for hydroxylation is 1. The lowest BCUT2D eigenvalue weighted by molar-refractivity contribution is 0.355. The molecule has 0 N–H and O–H groups in total. The highest BCUT2D eigenvalue weighted by Crippen LogP contribution is 2.38. The molecule has 0 unspecified atom stereocenters. The lowest BCUT2D eigenvalue weighted by Crippen LogP contribution is -2.09. The summed E-state index contributed by atoms with van der Waals surface area (Å²) in [6.07, 6.45) is 0. The molecule has 0 aliphatic carbocycles. The average Bonchev–Trinajstić information content (AvgIpc) is 2.66. The van der Waals surface area contributed by atoms with Gasteiger partial charge in [0, 0.05) is 5.56 Å². The average molecular weight is 356 g/mol. The van der Waals surface area contributed by atoms with Crippen LogP contribution in [0, 0.1) is 6.92 Å². The Hall–Kier alpha value is -3.15. The number of ether oxygens (including phenoxy) is 4. The molecule has 6 heteroatoms. The lowest BCUT2D eigenvalue weighted by Gasteiger charge is -2.13. The predicted molar refractivity (Wildman–Crippen MR) is 98.9 cm³/mol. The molecule has 0 spiro atoms. The van der Waals surface area contributed by atoms with Crippen molar-refractivity contribution >= 4 is 11.0 Å². The van der Waals surface area contributed by atoms with Crippen molar-refractivity contribution < 1.29 is 23.4 Å². The van der Waals surface area contributed by atoms with Crippen LogP contribution in [-0.2, 0) is 0 Å². The van der Waals surface area contributed by atoms with Gasteiger partial charge in [-0.2, -0.15) is 0 Å². The van der Waals surface area contributed by atoms with E-state index >= 15 is 0 Å². The van der Waals surface area contributed by atoms with Crippen molar-refractivity contribution in [2.45, 2.75) is 6.92 Å². The van der Waals surface area contributed by atoms with Crippen molar-refractivity contribution in [1.29, 1.82) is 0 Å². The van der Waals surface area contributed by atoms with E-state index in [1.807, 2.05) is 6.92 Å². The fourth-order valence-corrected chi connectivity index (χ4v) is 2.91. The van der Waals surface area contributed by atoms with Crippen LogP contribution < -0.4 is 24.4 Å². The molecule has 6 nitrogen and oxygen atoms in total. The second-order valence-corrected chi connectivity index (χ2v) is 5.70. The Bertz CT molecular complexity index is 1020. The molecule has 0 saturated heterocycles. The fourth-order valence-electron chi connectivity index (χ4n) is 2.91. The van der Waals surface area contributed by atoms with E-state index in [0.717, 1.165) is 5.56 Å². The maximum Gasteiger partial charge on any atom is 0.239 e. The van der Waals surface area contributed by atoms with E-state index in [9.17, 15) is 4.79 Å². The third-order valence-electron chi connectivity index (χ3n) is 4.13. The van der Waals surface area contributed by atoms with E-state index in [-0.39, 0.29) is 11.2 Å². The Morgan fingerprint density at radius 3 is 2.12 bits per heavy atom. The van der Waals surface area contributed by atoms with Crippen LogP contribution in [0.25, 0.3) is 22.3 Å². The highest BCUT2D eigenvalue weighted by atomic mass is 16.5. The standard InChI is InChI=1S/C20H20O6/c1-11-8-15(24-4)17-16(9-11)26-19(20(25-5)18(17)21)12-6-7-13(22-2)14(10-12)23-3/h6-10H,1-5H3. The van der Waals surface area contributed by atoms with Crippen molar-refractivity contribution in [3.8, 4) is 34.3 Å². The zero-order valence-electron chi connectivity index (χ0n) is 15.3. The molecule has 3 aromatic rings. The van der Waals surface area contributed by atoms with Gasteiger partial charge in [-0.25, -0.2) is 0 Å². The molecule has 136 valence electrons. The van der Waals surface area contributed by atoms with Crippen molar-refractivity contribution in [3.05, 3.63) is 46.1 Å². The summed E-state index contributed by atoms with van der Waals surface area (Å²) in [5.74, 6) is 1.98. The van der Waals surface area contributed by atoms with Gasteiger partial charge < -0.3 is 23.4 Å². The number of hydrogen-bond donors (Lipinski definition) is 0. The van der Waals surface area contributed by atoms with E-state index in [4.69, 9.17) is 23.4 Å². The normalized spacial score (nSPS) is 10.7. The van der Waals surface area contributed by atoms with E-state index in [0.29, 0.717) is 39.5 Å². The number of fused-ring (bicyclic) bond motifs is 1. The van der Waals surface area contributed by atoms with E-state index in [1.165, 1.54) is 14.2 Å². The minimum Gasteiger partial charge on any atom is -0.496 e. The monoisotopic (exact) mass is 356 g/mol. The fraction of sp³-hybridized carbons (Fsp3) is 0.250. The van der Waals surface area contributed by atoms with Gasteiger partial charge in [-0.1, -0.05) is 0 Å². The Balaban J connectivity index is 2.35. The van der Waals surface area contributed by atoms with Gasteiger partial charge in [-0.3, -0.25) is 4.79 Å². The van der Waals surface area contributed by atoms with Gasteiger partial charge in [-0.15, -0.1) is 0 Å². The van der Waals surface area contributed by atoms with Crippen LogP contribution in [0.4, 0.5) is 0 Å². The molecule has 0 atom stereocenters. The van der Waals surface area contributed by atoms with E-state index in [2.05, 4.69) is 0 Å². The minimum atomic E-state index is -0.296. The predicted octanol–water partition coefficient (Wildman–Crippen LogP) is 3.80. The number of rotatable bonds is 5. The molecule has 0 aliphatic heterocycles. The number of benzene rings is 2. The maximum atomic E-state index is 13.0. The molecule has 0 saturated carbocycles. The van der Waals surface area contributed by atoms with Gasteiger partial charge >= 0.3 is 0 Å². The highest BCUT2D eigenvalue weighted by molar-refractivity contribution is 5.88. The molecule has 2 aromatic carbocycles. The second-order valence-electron chi connectivity index (χ2n) is 5.70. The summed E-state index contributed by atoms with van der Waals surface area (Å²) >= 11 is 0. The molecule has 26 heavy (non-hydrogen) atoms. The smallest absolute Gasteiger partial charge is 0.239 e. The third kappa shape index (κ3) is 2.83. The molecule has 1 heterocycles. The number of hydrogen-bond acceptors (Lipinski definition) is 6. The van der Waals surface area contributed by atoms with Crippen LogP contribution in [0.5, 0.6) is 23.0 Å². The van der Waals surface area contributed by atoms with Crippen molar-refractivity contribution in [2.24, 2.45) is 0 Å². The minimum absolute atomic E-state index is 0.104. The van der Waals surface area contributed by atoms with Gasteiger partial charge in [0.1, 0.15) is 16.7 Å². The first-order valence-corrected chi connectivity index (χ1v) is 7.95. The Kier molecular flexibility index (Phi) is 4.75. The summed E-state index contributed by atoms with van der Waals surface area (Å²) in [5.41, 5.74) is 1.69. The molecule has 0 bridgehead atoms. The highest BCUT2D eigenvalue weighted by Gasteiger charge is 2.21. The zero-order valence-corrected chi connectivity index (χ0v) is 15.3. The molecule has 0 amide bonds. The van der Waals surface area contributed by atoms with Crippen LogP contribution in [0.2, 0.25) is 0 Å². The van der Waals surface area contributed by atoms with E-state index < -0.39 is 0 Å². The van der Waals surface area contributed by atoms with Crippen LogP contribution in [0.1, 0.15) is 5.56 Å². The zero-order chi connectivity index (χ0) is 18.8. The summed E-state index contributed by atoms with van der Waals surface area (Å²) in [6, 6.07) is 8.84. The van der Waals surface area contributed by atoms with Gasteiger partial charge in [0.05, 0.1) is 28.4 Å². The number of methoxy groups -OCH3 is 4. The SMILES string of the molecule is COc1ccc(-c2oc3cc(C)cc(OC)c3c(=O)c2OC)cc1OC. The quantitative estimate of drug-likeness (QED) is 0.693. The van der Waals surface area contributed by atoms with Crippen LogP contribution in [0.15, 0.2) is 39.5 Å². The third-order valence-corrected chi connectivity index (χ3v) is 4.13. The Morgan fingerprint density at radius 1 is 0.808 bits per heavy atom. The molecular weight excluding hydrogens is 336 g/mol. The van der Waals surface area contributed by atoms with Crippen molar-refractivity contribution in [2.75, 3.05) is 28.4 Å². The summed E-state index contributed by atoms with van der Waals surface area (Å²) in [5, 5.41) is 0.346. The van der Waals surface area contributed by atoms with Crippen LogP contribution >= 0.6 is 0 Å². The topological polar surface area (TPSA) is 67.1 Å². The van der Waals surface area contributed by atoms with E-state index in [1.54, 1.807) is 44.6 Å². The first kappa shape index (κ1) is 17.7. The molecule has 3 rings (SSSR count). The second kappa shape index (κ2) is 7.00. The van der Waals surface area contributed by atoms with Crippen molar-refractivity contribution in [3.63, 3.8) is 0 Å². The maximum absolute atomic E-state index is 13.0. The summed E-state index contributed by atoms with van der Waals surface area (Å²) in [7, 11) is 6.05. The van der Waals surface area contributed by atoms with Gasteiger partial charge in [0.15, 0.2) is 17.3 Å². The molecular formula is C20H20O6. The van der Waals surface area contributed by atoms with Gasteiger partial charge in [-0.05, 0) is 42.8 Å². The molecule has 0 aliphatic rings. The molecule has 0 radical (unpaired) electrons. The Labute approximate surface area is 150 Å². The molecule has 1 aromatic heterocycles. The Morgan fingerprint density at radius 2 is 1.50 bits per heavy atom. The summed E-state index contributed by atoms with van der Waals surface area (Å²) in [6.45, 7) is 1.91. The largest absolute Gasteiger partial charge is 0.496 e. The first-order chi connectivity index (χ1) is 12.5. The molecule has 0 fully saturated rings. The lowest BCUT2D eigenvalue weighted by atomic mass is 10.1. The van der Waals surface area contributed by atoms with Gasteiger partial charge in [0.25, 0.3) is 0 Å². The summed E-state index contributed by atoms with van der Waals surface area (Å²) in [4.78, 5) is 13.0. The van der Waals surface area contributed by atoms with Crippen molar-refractivity contribution in [1.82, 2.24) is 0 Å². The summed E-state index contributed by atoms with van der Waals surface area (Å²) < 4.78 is 27.4. The van der Waals surface area contributed by atoms with Gasteiger partial charge in [0.2, 0.25) is 11.2 Å².